The number of hydrogen-bond acceptors (Lipinski definition) is 2. The van der Waals surface area contributed by atoms with Gasteiger partial charge in [-0.1, -0.05) is 34.6 Å². The van der Waals surface area contributed by atoms with Gasteiger partial charge in [0, 0.05) is 6.54 Å². The highest BCUT2D eigenvalue weighted by atomic mass is 15.1. The molecule has 1 unspecified atom stereocenters. The molecule has 136 valence electrons. The Morgan fingerprint density at radius 1 is 0.913 bits per heavy atom. The lowest BCUT2D eigenvalue weighted by Crippen LogP contribution is -2.31. The van der Waals surface area contributed by atoms with E-state index in [2.05, 4.69) is 44.8 Å². The molecule has 0 saturated carbocycles. The minimum absolute atomic E-state index is 0.496. The maximum absolute atomic E-state index is 3.50. The van der Waals surface area contributed by atoms with E-state index in [1.54, 1.807) is 0 Å². The smallest absolute Gasteiger partial charge is 0.00103 e. The molecule has 2 rings (SSSR count). The molecule has 2 heterocycles. The van der Waals surface area contributed by atoms with Crippen LogP contribution in [0, 0.1) is 22.7 Å². The van der Waals surface area contributed by atoms with E-state index in [0.717, 1.165) is 11.8 Å². The summed E-state index contributed by atoms with van der Waals surface area (Å²) in [4.78, 5) is 2.73. The minimum atomic E-state index is 0.496. The molecular weight excluding hydrogens is 280 g/mol. The molecule has 1 atom stereocenters. The quantitative estimate of drug-likeness (QED) is 0.714. The first kappa shape index (κ1) is 19.2. The molecule has 23 heavy (non-hydrogen) atoms. The Kier molecular flexibility index (Phi) is 6.98. The van der Waals surface area contributed by atoms with Crippen LogP contribution in [0.25, 0.3) is 0 Å². The first-order chi connectivity index (χ1) is 10.7. The standard InChI is InChI=1S/C21H42N2/c1-20(2,3)10-6-13-23-14-9-19(17-23)16-21(4,5)15-18-7-11-22-12-8-18/h18-19,22H,6-17H2,1-5H3. The van der Waals surface area contributed by atoms with E-state index < -0.39 is 0 Å². The van der Waals surface area contributed by atoms with Gasteiger partial charge in [0.25, 0.3) is 0 Å². The number of likely N-dealkylation sites (tertiary alicyclic amines) is 1. The lowest BCUT2D eigenvalue weighted by molar-refractivity contribution is 0.183. The molecule has 2 nitrogen and oxygen atoms in total. The summed E-state index contributed by atoms with van der Waals surface area (Å²) in [7, 11) is 0. The molecule has 2 aliphatic rings. The largest absolute Gasteiger partial charge is 0.317 e. The van der Waals surface area contributed by atoms with E-state index in [4.69, 9.17) is 0 Å². The Balaban J connectivity index is 1.67. The fraction of sp³-hybridized carbons (Fsp3) is 1.00. The summed E-state index contributed by atoms with van der Waals surface area (Å²) in [5, 5.41) is 3.50. The predicted octanol–water partition coefficient (Wildman–Crippen LogP) is 4.94. The van der Waals surface area contributed by atoms with E-state index in [0.29, 0.717) is 10.8 Å². The van der Waals surface area contributed by atoms with E-state index >= 15 is 0 Å². The molecule has 2 heteroatoms. The van der Waals surface area contributed by atoms with Crippen LogP contribution in [-0.2, 0) is 0 Å². The van der Waals surface area contributed by atoms with Crippen molar-refractivity contribution >= 4 is 0 Å². The van der Waals surface area contributed by atoms with Crippen molar-refractivity contribution in [1.82, 2.24) is 10.2 Å². The molecule has 2 saturated heterocycles. The monoisotopic (exact) mass is 322 g/mol. The van der Waals surface area contributed by atoms with Crippen molar-refractivity contribution < 1.29 is 0 Å². The molecule has 0 radical (unpaired) electrons. The van der Waals surface area contributed by atoms with Crippen LogP contribution >= 0.6 is 0 Å². The average Bonchev–Trinajstić information content (AvgIpc) is 2.84. The van der Waals surface area contributed by atoms with Gasteiger partial charge in [-0.25, -0.2) is 0 Å². The molecule has 0 bridgehead atoms. The number of nitrogens with one attached hydrogen (secondary N) is 1. The van der Waals surface area contributed by atoms with E-state index in [1.165, 1.54) is 77.7 Å². The molecule has 0 aromatic heterocycles. The molecule has 0 amide bonds. The van der Waals surface area contributed by atoms with Crippen molar-refractivity contribution in [3.8, 4) is 0 Å². The van der Waals surface area contributed by atoms with Crippen LogP contribution in [0.2, 0.25) is 0 Å². The summed E-state index contributed by atoms with van der Waals surface area (Å²) in [6.07, 6.45) is 9.83. The van der Waals surface area contributed by atoms with Crippen molar-refractivity contribution in [3.63, 3.8) is 0 Å². The average molecular weight is 323 g/mol. The van der Waals surface area contributed by atoms with Crippen LogP contribution < -0.4 is 5.32 Å². The fourth-order valence-electron chi connectivity index (χ4n) is 4.85. The van der Waals surface area contributed by atoms with Crippen molar-refractivity contribution in [2.75, 3.05) is 32.7 Å². The maximum atomic E-state index is 3.50. The van der Waals surface area contributed by atoms with Gasteiger partial charge in [0.1, 0.15) is 0 Å². The van der Waals surface area contributed by atoms with Gasteiger partial charge in [0.15, 0.2) is 0 Å². The van der Waals surface area contributed by atoms with Crippen molar-refractivity contribution in [1.29, 1.82) is 0 Å². The number of rotatable bonds is 7. The molecule has 2 aliphatic heterocycles. The third-order valence-corrected chi connectivity index (χ3v) is 5.91. The van der Waals surface area contributed by atoms with Crippen molar-refractivity contribution in [2.45, 2.75) is 79.6 Å². The van der Waals surface area contributed by atoms with Gasteiger partial charge in [-0.2, -0.15) is 0 Å². The number of piperidine rings is 1. The molecular formula is C21H42N2. The summed E-state index contributed by atoms with van der Waals surface area (Å²) in [5.41, 5.74) is 1.03. The zero-order valence-corrected chi connectivity index (χ0v) is 16.6. The maximum Gasteiger partial charge on any atom is 0.00103 e. The highest BCUT2D eigenvalue weighted by Crippen LogP contribution is 2.38. The molecule has 0 spiro atoms. The molecule has 1 N–H and O–H groups in total. The Morgan fingerprint density at radius 3 is 2.22 bits per heavy atom. The number of hydrogen-bond donors (Lipinski definition) is 1. The van der Waals surface area contributed by atoms with Crippen molar-refractivity contribution in [2.24, 2.45) is 22.7 Å². The lowest BCUT2D eigenvalue weighted by Gasteiger charge is -2.34. The normalized spacial score (nSPS) is 25.2. The second-order valence-electron chi connectivity index (χ2n) is 10.4. The predicted molar refractivity (Wildman–Crippen MR) is 102 cm³/mol. The van der Waals surface area contributed by atoms with Crippen LogP contribution in [0.15, 0.2) is 0 Å². The minimum Gasteiger partial charge on any atom is -0.317 e. The first-order valence-electron chi connectivity index (χ1n) is 10.2. The Bertz CT molecular complexity index is 336. The first-order valence-corrected chi connectivity index (χ1v) is 10.2. The summed E-state index contributed by atoms with van der Waals surface area (Å²) in [6.45, 7) is 18.7. The third-order valence-electron chi connectivity index (χ3n) is 5.91. The van der Waals surface area contributed by atoms with Gasteiger partial charge in [0.05, 0.1) is 0 Å². The molecule has 0 aliphatic carbocycles. The van der Waals surface area contributed by atoms with E-state index in [1.807, 2.05) is 0 Å². The molecule has 2 fully saturated rings. The highest BCUT2D eigenvalue weighted by molar-refractivity contribution is 4.84. The Labute approximate surface area is 145 Å². The van der Waals surface area contributed by atoms with Crippen LogP contribution in [0.3, 0.4) is 0 Å². The zero-order chi connectivity index (χ0) is 16.9. The van der Waals surface area contributed by atoms with Gasteiger partial charge in [0.2, 0.25) is 0 Å². The van der Waals surface area contributed by atoms with E-state index in [9.17, 15) is 0 Å². The van der Waals surface area contributed by atoms with Crippen LogP contribution in [0.5, 0.6) is 0 Å². The number of nitrogens with zero attached hydrogens (tertiary/aromatic N) is 1. The second kappa shape index (κ2) is 8.34. The van der Waals surface area contributed by atoms with E-state index in [-0.39, 0.29) is 0 Å². The Morgan fingerprint density at radius 2 is 1.57 bits per heavy atom. The topological polar surface area (TPSA) is 15.3 Å². The van der Waals surface area contributed by atoms with Gasteiger partial charge in [-0.3, -0.25) is 0 Å². The SMILES string of the molecule is CC(C)(C)CCCN1CCC(CC(C)(C)CC2CCNCC2)C1. The van der Waals surface area contributed by atoms with Crippen LogP contribution in [0.4, 0.5) is 0 Å². The van der Waals surface area contributed by atoms with Crippen LogP contribution in [-0.4, -0.2) is 37.6 Å². The van der Waals surface area contributed by atoms with Gasteiger partial charge in [-0.05, 0) is 93.8 Å². The fourth-order valence-corrected chi connectivity index (χ4v) is 4.85. The highest BCUT2D eigenvalue weighted by Gasteiger charge is 2.31. The second-order valence-corrected chi connectivity index (χ2v) is 10.4. The zero-order valence-electron chi connectivity index (χ0n) is 16.6. The lowest BCUT2D eigenvalue weighted by atomic mass is 9.74. The van der Waals surface area contributed by atoms with Crippen molar-refractivity contribution in [3.05, 3.63) is 0 Å². The third kappa shape index (κ3) is 7.56. The summed E-state index contributed by atoms with van der Waals surface area (Å²) in [6, 6.07) is 0. The summed E-state index contributed by atoms with van der Waals surface area (Å²) < 4.78 is 0. The summed E-state index contributed by atoms with van der Waals surface area (Å²) in [5.74, 6) is 1.91. The summed E-state index contributed by atoms with van der Waals surface area (Å²) >= 11 is 0. The van der Waals surface area contributed by atoms with Gasteiger partial charge >= 0.3 is 0 Å². The molecule has 0 aromatic carbocycles. The molecule has 0 aromatic rings. The Hall–Kier alpha value is -0.0800. The van der Waals surface area contributed by atoms with Gasteiger partial charge < -0.3 is 10.2 Å². The van der Waals surface area contributed by atoms with Gasteiger partial charge in [-0.15, -0.1) is 0 Å². The van der Waals surface area contributed by atoms with Crippen LogP contribution in [0.1, 0.15) is 79.6 Å².